The first kappa shape index (κ1) is 16.7. The summed E-state index contributed by atoms with van der Waals surface area (Å²) in [5.74, 6) is 0.220. The number of hydrogen-bond donors (Lipinski definition) is 2. The first-order valence-corrected chi connectivity index (χ1v) is 7.95. The molecular formula is C20H15ClN2O2. The second-order valence-electron chi connectivity index (χ2n) is 5.27. The smallest absolute Gasteiger partial charge is 0.141 e. The summed E-state index contributed by atoms with van der Waals surface area (Å²) < 4.78 is 0. The van der Waals surface area contributed by atoms with Crippen molar-refractivity contribution in [2.75, 3.05) is 0 Å². The molecule has 4 nitrogen and oxygen atoms in total. The Morgan fingerprint density at radius 2 is 1.32 bits per heavy atom. The Labute approximate surface area is 150 Å². The lowest BCUT2D eigenvalue weighted by atomic mass is 10.2. The number of phenolic OH excluding ortho intramolecular Hbond substituents is 2. The molecule has 0 atom stereocenters. The number of halogens is 1. The van der Waals surface area contributed by atoms with Crippen LogP contribution in [0.3, 0.4) is 0 Å². The number of aromatic hydroxyl groups is 2. The average Bonchev–Trinajstić information content (AvgIpc) is 2.62. The number of benzene rings is 3. The molecule has 25 heavy (non-hydrogen) atoms. The third-order valence-corrected chi connectivity index (χ3v) is 3.73. The lowest BCUT2D eigenvalue weighted by Crippen LogP contribution is -1.85. The predicted molar refractivity (Wildman–Crippen MR) is 102 cm³/mol. The third-order valence-electron chi connectivity index (χ3n) is 3.49. The average molecular weight is 351 g/mol. The van der Waals surface area contributed by atoms with Gasteiger partial charge in [-0.2, -0.15) is 0 Å². The first-order valence-electron chi connectivity index (χ1n) is 7.57. The van der Waals surface area contributed by atoms with E-state index in [0.29, 0.717) is 22.0 Å². The van der Waals surface area contributed by atoms with Crippen LogP contribution < -0.4 is 0 Å². The number of hydrogen-bond acceptors (Lipinski definition) is 4. The van der Waals surface area contributed by atoms with Crippen LogP contribution in [0, 0.1) is 0 Å². The zero-order valence-electron chi connectivity index (χ0n) is 13.2. The van der Waals surface area contributed by atoms with E-state index in [9.17, 15) is 10.2 Å². The van der Waals surface area contributed by atoms with Crippen LogP contribution in [0.5, 0.6) is 11.5 Å². The third kappa shape index (κ3) is 4.25. The quantitative estimate of drug-likeness (QED) is 0.631. The molecule has 3 aromatic rings. The number of nitrogens with zero attached hydrogens (tertiary/aromatic N) is 2. The minimum atomic E-state index is 0.105. The molecule has 0 heterocycles. The van der Waals surface area contributed by atoms with Crippen molar-refractivity contribution in [3.63, 3.8) is 0 Å². The van der Waals surface area contributed by atoms with Gasteiger partial charge in [-0.05, 0) is 36.4 Å². The molecule has 3 rings (SSSR count). The highest BCUT2D eigenvalue weighted by molar-refractivity contribution is 6.30. The highest BCUT2D eigenvalue weighted by Gasteiger charge is 2.02. The molecule has 0 aromatic heterocycles. The van der Waals surface area contributed by atoms with Gasteiger partial charge in [0.25, 0.3) is 0 Å². The lowest BCUT2D eigenvalue weighted by molar-refractivity contribution is 0.474. The number of aliphatic imine (C=N–C) groups is 2. The van der Waals surface area contributed by atoms with Crippen molar-refractivity contribution in [3.05, 3.63) is 82.9 Å². The molecule has 3 aromatic carbocycles. The van der Waals surface area contributed by atoms with Crippen molar-refractivity contribution in [3.8, 4) is 11.5 Å². The number of para-hydroxylation sites is 3. The maximum atomic E-state index is 9.86. The Hall–Kier alpha value is -3.11. The summed E-state index contributed by atoms with van der Waals surface area (Å²) in [5.41, 5.74) is 2.47. The van der Waals surface area contributed by atoms with Gasteiger partial charge in [0.15, 0.2) is 0 Å². The summed E-state index contributed by atoms with van der Waals surface area (Å²) in [6.45, 7) is 0. The van der Waals surface area contributed by atoms with Gasteiger partial charge >= 0.3 is 0 Å². The number of phenols is 2. The molecule has 0 saturated heterocycles. The standard InChI is InChI=1S/C20H15ClN2O2/c21-16-9-10-19(24)15(11-16)13-22-17-6-2-1-5-14(17)12-23-18-7-3-4-8-20(18)25/h1-13,24-25H. The van der Waals surface area contributed by atoms with Crippen LogP contribution in [0.1, 0.15) is 11.1 Å². The fourth-order valence-electron chi connectivity index (χ4n) is 2.19. The largest absolute Gasteiger partial charge is 0.507 e. The molecule has 0 bridgehead atoms. The molecular weight excluding hydrogens is 336 g/mol. The normalized spacial score (nSPS) is 11.4. The molecule has 0 fully saturated rings. The molecule has 0 aliphatic rings. The van der Waals surface area contributed by atoms with Crippen LogP contribution in [-0.2, 0) is 0 Å². The minimum absolute atomic E-state index is 0.105. The van der Waals surface area contributed by atoms with E-state index in [1.54, 1.807) is 48.8 Å². The summed E-state index contributed by atoms with van der Waals surface area (Å²) in [6, 6.07) is 19.1. The zero-order chi connectivity index (χ0) is 17.6. The SMILES string of the molecule is Oc1ccc(Cl)cc1C=Nc1ccccc1C=Nc1ccccc1O. The molecule has 0 radical (unpaired) electrons. The Morgan fingerprint density at radius 3 is 2.12 bits per heavy atom. The highest BCUT2D eigenvalue weighted by atomic mass is 35.5. The maximum absolute atomic E-state index is 9.86. The van der Waals surface area contributed by atoms with Crippen LogP contribution in [0.4, 0.5) is 11.4 Å². The minimum Gasteiger partial charge on any atom is -0.507 e. The molecule has 124 valence electrons. The van der Waals surface area contributed by atoms with Crippen molar-refractivity contribution >= 4 is 35.4 Å². The van der Waals surface area contributed by atoms with Gasteiger partial charge in [0.2, 0.25) is 0 Å². The first-order chi connectivity index (χ1) is 12.1. The Balaban J connectivity index is 1.90. The molecule has 5 heteroatoms. The summed E-state index contributed by atoms with van der Waals surface area (Å²) in [7, 11) is 0. The van der Waals surface area contributed by atoms with Gasteiger partial charge in [-0.3, -0.25) is 9.98 Å². The molecule has 0 saturated carbocycles. The summed E-state index contributed by atoms with van der Waals surface area (Å²) in [4.78, 5) is 8.72. The fourth-order valence-corrected chi connectivity index (χ4v) is 2.38. The zero-order valence-corrected chi connectivity index (χ0v) is 13.9. The Bertz CT molecular complexity index is 952. The second kappa shape index (κ2) is 7.64. The van der Waals surface area contributed by atoms with Gasteiger partial charge in [-0.25, -0.2) is 0 Å². The Morgan fingerprint density at radius 1 is 0.680 bits per heavy atom. The van der Waals surface area contributed by atoms with Gasteiger partial charge in [0.1, 0.15) is 17.2 Å². The van der Waals surface area contributed by atoms with E-state index in [1.165, 1.54) is 6.07 Å². The maximum Gasteiger partial charge on any atom is 0.141 e. The van der Waals surface area contributed by atoms with E-state index in [1.807, 2.05) is 24.3 Å². The van der Waals surface area contributed by atoms with Gasteiger partial charge in [0.05, 0.1) is 5.69 Å². The van der Waals surface area contributed by atoms with Crippen LogP contribution >= 0.6 is 11.6 Å². The van der Waals surface area contributed by atoms with Crippen molar-refractivity contribution in [2.45, 2.75) is 0 Å². The van der Waals surface area contributed by atoms with Gasteiger partial charge in [-0.15, -0.1) is 0 Å². The molecule has 0 spiro atoms. The van der Waals surface area contributed by atoms with Crippen molar-refractivity contribution < 1.29 is 10.2 Å². The molecule has 0 unspecified atom stereocenters. The molecule has 0 amide bonds. The second-order valence-corrected chi connectivity index (χ2v) is 5.70. The van der Waals surface area contributed by atoms with Gasteiger partial charge < -0.3 is 10.2 Å². The van der Waals surface area contributed by atoms with E-state index in [-0.39, 0.29) is 11.5 Å². The van der Waals surface area contributed by atoms with Crippen molar-refractivity contribution in [1.29, 1.82) is 0 Å². The van der Waals surface area contributed by atoms with Gasteiger partial charge in [-0.1, -0.05) is 41.9 Å². The van der Waals surface area contributed by atoms with Gasteiger partial charge in [0, 0.05) is 28.6 Å². The van der Waals surface area contributed by atoms with E-state index < -0.39 is 0 Å². The Kier molecular flexibility index (Phi) is 5.11. The number of rotatable bonds is 4. The van der Waals surface area contributed by atoms with Crippen LogP contribution in [-0.4, -0.2) is 22.6 Å². The molecule has 0 aliphatic heterocycles. The highest BCUT2D eigenvalue weighted by Crippen LogP contribution is 2.26. The van der Waals surface area contributed by atoms with E-state index >= 15 is 0 Å². The lowest BCUT2D eigenvalue weighted by Gasteiger charge is -2.02. The summed E-state index contributed by atoms with van der Waals surface area (Å²) in [6.07, 6.45) is 3.19. The topological polar surface area (TPSA) is 65.2 Å². The fraction of sp³-hybridized carbons (Fsp3) is 0. The summed E-state index contributed by atoms with van der Waals surface area (Å²) >= 11 is 5.94. The van der Waals surface area contributed by atoms with Crippen LogP contribution in [0.25, 0.3) is 0 Å². The van der Waals surface area contributed by atoms with E-state index in [0.717, 1.165) is 5.56 Å². The van der Waals surface area contributed by atoms with Crippen molar-refractivity contribution in [2.24, 2.45) is 9.98 Å². The van der Waals surface area contributed by atoms with E-state index in [2.05, 4.69) is 9.98 Å². The van der Waals surface area contributed by atoms with Crippen molar-refractivity contribution in [1.82, 2.24) is 0 Å². The van der Waals surface area contributed by atoms with E-state index in [4.69, 9.17) is 11.6 Å². The molecule has 2 N–H and O–H groups in total. The predicted octanol–water partition coefficient (Wildman–Crippen LogP) is 5.25. The molecule has 0 aliphatic carbocycles. The summed E-state index contributed by atoms with van der Waals surface area (Å²) in [5, 5.41) is 20.2. The monoisotopic (exact) mass is 350 g/mol. The van der Waals surface area contributed by atoms with Crippen LogP contribution in [0.15, 0.2) is 76.7 Å². The van der Waals surface area contributed by atoms with Crippen LogP contribution in [0.2, 0.25) is 5.02 Å².